The maximum atomic E-state index is 6.00. The number of hydrogen-bond acceptors (Lipinski definition) is 5. The van der Waals surface area contributed by atoms with Crippen molar-refractivity contribution in [3.63, 3.8) is 0 Å². The molecule has 7 heteroatoms. The standard InChI is InChI=1S/C25H21ClN4S2/c1-15-28-29-22-13-27-24(23-20-3-2-4-21(20)32-25(23)30(15)22)17-7-5-16(6-8-17)14-31-19-11-9-18(26)10-12-19/h5-12H,2-4,13-14H2,1H3. The average molecular weight is 477 g/mol. The van der Waals surface area contributed by atoms with Crippen LogP contribution in [0.3, 0.4) is 0 Å². The molecule has 0 N–H and O–H groups in total. The van der Waals surface area contributed by atoms with E-state index in [1.54, 1.807) is 0 Å². The van der Waals surface area contributed by atoms with Crippen LogP contribution in [0.1, 0.15) is 45.2 Å². The quantitative estimate of drug-likeness (QED) is 0.319. The van der Waals surface area contributed by atoms with Crippen molar-refractivity contribution in [3.05, 3.63) is 92.3 Å². The van der Waals surface area contributed by atoms with Crippen molar-refractivity contribution in [1.82, 2.24) is 14.8 Å². The lowest BCUT2D eigenvalue weighted by Gasteiger charge is -2.11. The molecule has 0 saturated carbocycles. The number of benzene rings is 2. The summed E-state index contributed by atoms with van der Waals surface area (Å²) in [6, 6.07) is 16.9. The molecule has 0 saturated heterocycles. The van der Waals surface area contributed by atoms with Crippen molar-refractivity contribution in [1.29, 1.82) is 0 Å². The fourth-order valence-corrected chi connectivity index (χ4v) is 6.92. The summed E-state index contributed by atoms with van der Waals surface area (Å²) in [6.07, 6.45) is 3.53. The zero-order valence-corrected chi connectivity index (χ0v) is 20.0. The van der Waals surface area contributed by atoms with E-state index in [4.69, 9.17) is 16.6 Å². The van der Waals surface area contributed by atoms with Crippen LogP contribution in [0.4, 0.5) is 0 Å². The molecule has 0 atom stereocenters. The van der Waals surface area contributed by atoms with E-state index >= 15 is 0 Å². The van der Waals surface area contributed by atoms with Gasteiger partial charge in [0.25, 0.3) is 0 Å². The Kier molecular flexibility index (Phi) is 5.17. The molecule has 0 fully saturated rings. The highest BCUT2D eigenvalue weighted by atomic mass is 35.5. The number of hydrogen-bond donors (Lipinski definition) is 0. The van der Waals surface area contributed by atoms with Crippen LogP contribution in [0, 0.1) is 6.92 Å². The Bertz CT molecular complexity index is 1330. The summed E-state index contributed by atoms with van der Waals surface area (Å²) in [5.41, 5.74) is 6.35. The van der Waals surface area contributed by atoms with E-state index in [-0.39, 0.29) is 0 Å². The van der Waals surface area contributed by atoms with Crippen molar-refractivity contribution in [2.24, 2.45) is 4.99 Å². The number of halogens is 1. The Hall–Kier alpha value is -2.41. The lowest BCUT2D eigenvalue weighted by molar-refractivity contribution is 0.868. The van der Waals surface area contributed by atoms with Gasteiger partial charge in [0.05, 0.1) is 5.71 Å². The van der Waals surface area contributed by atoms with Crippen molar-refractivity contribution in [2.45, 2.75) is 43.4 Å². The van der Waals surface area contributed by atoms with Crippen molar-refractivity contribution in [3.8, 4) is 5.00 Å². The fraction of sp³-hybridized carbons (Fsp3) is 0.240. The van der Waals surface area contributed by atoms with Gasteiger partial charge in [0, 0.05) is 31.7 Å². The summed E-state index contributed by atoms with van der Waals surface area (Å²) in [4.78, 5) is 7.78. The Balaban J connectivity index is 1.32. The fourth-order valence-electron chi connectivity index (χ4n) is 4.49. The number of fused-ring (bicyclic) bond motifs is 5. The van der Waals surface area contributed by atoms with Crippen LogP contribution in [0.25, 0.3) is 5.00 Å². The molecule has 1 aliphatic carbocycles. The smallest absolute Gasteiger partial charge is 0.160 e. The van der Waals surface area contributed by atoms with Gasteiger partial charge in [-0.05, 0) is 61.6 Å². The second kappa shape index (κ2) is 8.18. The molecule has 2 aliphatic rings. The van der Waals surface area contributed by atoms with Gasteiger partial charge in [0.1, 0.15) is 17.4 Å². The van der Waals surface area contributed by atoms with Gasteiger partial charge in [-0.1, -0.05) is 35.9 Å². The Morgan fingerprint density at radius 1 is 1.03 bits per heavy atom. The van der Waals surface area contributed by atoms with Crippen molar-refractivity contribution in [2.75, 3.05) is 0 Å². The van der Waals surface area contributed by atoms with Gasteiger partial charge in [0.15, 0.2) is 5.82 Å². The average Bonchev–Trinajstić information content (AvgIpc) is 3.47. The zero-order valence-electron chi connectivity index (χ0n) is 17.6. The largest absolute Gasteiger partial charge is 0.276 e. The molecule has 4 nitrogen and oxygen atoms in total. The van der Waals surface area contributed by atoms with Gasteiger partial charge < -0.3 is 0 Å². The summed E-state index contributed by atoms with van der Waals surface area (Å²) in [7, 11) is 0. The van der Waals surface area contributed by atoms with Gasteiger partial charge in [-0.3, -0.25) is 9.56 Å². The normalized spacial score (nSPS) is 14.5. The van der Waals surface area contributed by atoms with Crippen LogP contribution in [-0.4, -0.2) is 20.5 Å². The maximum Gasteiger partial charge on any atom is 0.160 e. The minimum Gasteiger partial charge on any atom is -0.276 e. The summed E-state index contributed by atoms with van der Waals surface area (Å²) in [5.74, 6) is 2.79. The zero-order chi connectivity index (χ0) is 21.7. The predicted octanol–water partition coefficient (Wildman–Crippen LogP) is 6.42. The molecule has 32 heavy (non-hydrogen) atoms. The molecule has 0 bridgehead atoms. The SMILES string of the molecule is Cc1nnc2n1-c1sc3c(c1C(c1ccc(CSc4ccc(Cl)cc4)cc1)=NC2)CCC3. The van der Waals surface area contributed by atoms with E-state index in [9.17, 15) is 0 Å². The van der Waals surface area contributed by atoms with Crippen LogP contribution in [0.5, 0.6) is 0 Å². The first-order valence-electron chi connectivity index (χ1n) is 10.8. The van der Waals surface area contributed by atoms with Crippen molar-refractivity contribution >= 4 is 40.4 Å². The van der Waals surface area contributed by atoms with Crippen LogP contribution < -0.4 is 0 Å². The number of thiophene rings is 1. The summed E-state index contributed by atoms with van der Waals surface area (Å²) >= 11 is 9.72. The Morgan fingerprint density at radius 3 is 2.66 bits per heavy atom. The number of aliphatic imine (C=N–C) groups is 1. The third kappa shape index (κ3) is 3.51. The first-order chi connectivity index (χ1) is 15.7. The predicted molar refractivity (Wildman–Crippen MR) is 133 cm³/mol. The molecule has 2 aromatic carbocycles. The maximum absolute atomic E-state index is 6.00. The molecule has 0 spiro atoms. The molecule has 4 aromatic rings. The molecule has 6 rings (SSSR count). The molecule has 0 unspecified atom stereocenters. The van der Waals surface area contributed by atoms with Crippen molar-refractivity contribution < 1.29 is 0 Å². The van der Waals surface area contributed by atoms with E-state index in [0.717, 1.165) is 41.0 Å². The lowest BCUT2D eigenvalue weighted by atomic mass is 9.98. The van der Waals surface area contributed by atoms with E-state index in [1.165, 1.54) is 43.4 Å². The molecule has 1 aliphatic heterocycles. The second-order valence-electron chi connectivity index (χ2n) is 8.14. The monoisotopic (exact) mass is 476 g/mol. The third-order valence-electron chi connectivity index (χ3n) is 6.06. The highest BCUT2D eigenvalue weighted by molar-refractivity contribution is 7.98. The highest BCUT2D eigenvalue weighted by Gasteiger charge is 2.30. The summed E-state index contributed by atoms with van der Waals surface area (Å²) in [5, 5.41) is 10.7. The molecular formula is C25H21ClN4S2. The highest BCUT2D eigenvalue weighted by Crippen LogP contribution is 2.41. The molecule has 160 valence electrons. The number of rotatable bonds is 4. The van der Waals surface area contributed by atoms with E-state index in [2.05, 4.69) is 51.2 Å². The van der Waals surface area contributed by atoms with Gasteiger partial charge >= 0.3 is 0 Å². The van der Waals surface area contributed by atoms with Gasteiger partial charge in [-0.25, -0.2) is 0 Å². The Morgan fingerprint density at radius 2 is 1.84 bits per heavy atom. The molecule has 2 aromatic heterocycles. The first-order valence-corrected chi connectivity index (χ1v) is 12.9. The minimum atomic E-state index is 0.556. The lowest BCUT2D eigenvalue weighted by Crippen LogP contribution is -2.08. The van der Waals surface area contributed by atoms with Crippen LogP contribution in [0.15, 0.2) is 58.4 Å². The number of aryl methyl sites for hydroxylation is 2. The summed E-state index contributed by atoms with van der Waals surface area (Å²) in [6.45, 7) is 2.59. The van der Waals surface area contributed by atoms with Gasteiger partial charge in [0.2, 0.25) is 0 Å². The second-order valence-corrected chi connectivity index (χ2v) is 10.7. The molecular weight excluding hydrogens is 456 g/mol. The van der Waals surface area contributed by atoms with Crippen LogP contribution in [-0.2, 0) is 25.1 Å². The van der Waals surface area contributed by atoms with Crippen LogP contribution in [0.2, 0.25) is 5.02 Å². The van der Waals surface area contributed by atoms with Gasteiger partial charge in [-0.15, -0.1) is 33.3 Å². The third-order valence-corrected chi connectivity index (χ3v) is 8.67. The molecule has 3 heterocycles. The Labute approximate surface area is 200 Å². The summed E-state index contributed by atoms with van der Waals surface area (Å²) < 4.78 is 2.21. The van der Waals surface area contributed by atoms with E-state index in [1.807, 2.05) is 42.2 Å². The van der Waals surface area contributed by atoms with Gasteiger partial charge in [-0.2, -0.15) is 0 Å². The van der Waals surface area contributed by atoms with Crippen LogP contribution >= 0.6 is 34.7 Å². The topological polar surface area (TPSA) is 43.1 Å². The number of nitrogens with zero attached hydrogens (tertiary/aromatic N) is 4. The van der Waals surface area contributed by atoms with E-state index in [0.29, 0.717) is 6.54 Å². The van der Waals surface area contributed by atoms with E-state index < -0.39 is 0 Å². The minimum absolute atomic E-state index is 0.556. The number of thioether (sulfide) groups is 1. The first kappa shape index (κ1) is 20.2. The number of aromatic nitrogens is 3. The molecule has 0 radical (unpaired) electrons. The molecule has 0 amide bonds.